The van der Waals surface area contributed by atoms with Crippen LogP contribution in [0, 0.1) is 12.8 Å². The van der Waals surface area contributed by atoms with Crippen molar-refractivity contribution in [1.82, 2.24) is 10.3 Å². The molecule has 1 aromatic carbocycles. The molecular weight excluding hydrogens is 336 g/mol. The Bertz CT molecular complexity index is 851. The van der Waals surface area contributed by atoms with E-state index in [1.54, 1.807) is 23.9 Å². The fourth-order valence-electron chi connectivity index (χ4n) is 2.69. The van der Waals surface area contributed by atoms with Crippen LogP contribution in [-0.4, -0.2) is 22.3 Å². The Labute approximate surface area is 149 Å². The summed E-state index contributed by atoms with van der Waals surface area (Å²) < 4.78 is 0. The topological polar surface area (TPSA) is 83.1 Å². The number of benzene rings is 1. The molecule has 0 bridgehead atoms. The van der Waals surface area contributed by atoms with Crippen molar-refractivity contribution in [2.75, 3.05) is 10.6 Å². The minimum atomic E-state index is -0.221. The number of hydrogen-bond acceptors (Lipinski definition) is 5. The van der Waals surface area contributed by atoms with Gasteiger partial charge in [0.05, 0.1) is 5.69 Å². The third-order valence-corrected chi connectivity index (χ3v) is 5.30. The average Bonchev–Trinajstić information content (AvgIpc) is 3.36. The van der Waals surface area contributed by atoms with Gasteiger partial charge in [0.15, 0.2) is 5.50 Å². The van der Waals surface area contributed by atoms with E-state index in [1.807, 2.05) is 25.1 Å². The van der Waals surface area contributed by atoms with Crippen LogP contribution in [0.3, 0.4) is 0 Å². The number of aryl methyl sites for hydroxylation is 1. The smallest absolute Gasteiger partial charge is 0.253 e. The molecule has 1 unspecified atom stereocenters. The molecule has 1 fully saturated rings. The summed E-state index contributed by atoms with van der Waals surface area (Å²) in [5.74, 6) is 0.277. The number of hydrogen-bond donors (Lipinski definition) is 3. The van der Waals surface area contributed by atoms with Gasteiger partial charge in [0.2, 0.25) is 5.91 Å². The number of fused-ring (bicyclic) bond motifs is 1. The quantitative estimate of drug-likeness (QED) is 0.786. The number of pyridine rings is 1. The lowest BCUT2D eigenvalue weighted by atomic mass is 10.2. The highest BCUT2D eigenvalue weighted by molar-refractivity contribution is 8.00. The molecule has 1 saturated carbocycles. The van der Waals surface area contributed by atoms with Crippen molar-refractivity contribution < 1.29 is 9.59 Å². The lowest BCUT2D eigenvalue weighted by Crippen LogP contribution is -2.36. The van der Waals surface area contributed by atoms with E-state index < -0.39 is 0 Å². The van der Waals surface area contributed by atoms with Gasteiger partial charge in [-0.3, -0.25) is 9.59 Å². The zero-order valence-electron chi connectivity index (χ0n) is 13.7. The predicted molar refractivity (Wildman–Crippen MR) is 97.5 cm³/mol. The highest BCUT2D eigenvalue weighted by Crippen LogP contribution is 2.39. The minimum absolute atomic E-state index is 0.0241. The number of carbonyl (C=O) groups is 2. The molecule has 1 aromatic heterocycles. The van der Waals surface area contributed by atoms with Gasteiger partial charge < -0.3 is 16.0 Å². The van der Waals surface area contributed by atoms with Crippen molar-refractivity contribution in [2.24, 2.45) is 5.92 Å². The molecule has 2 heterocycles. The summed E-state index contributed by atoms with van der Waals surface area (Å²) in [6.07, 6.45) is 3.39. The van der Waals surface area contributed by atoms with Crippen molar-refractivity contribution >= 4 is 35.1 Å². The second kappa shape index (κ2) is 6.40. The number of anilines is 2. The molecule has 3 N–H and O–H groups in total. The van der Waals surface area contributed by atoms with Crippen molar-refractivity contribution in [3.8, 4) is 0 Å². The molecule has 1 atom stereocenters. The van der Waals surface area contributed by atoms with Gasteiger partial charge in [0.25, 0.3) is 5.91 Å². The number of para-hydroxylation sites is 1. The Balaban J connectivity index is 1.42. The maximum Gasteiger partial charge on any atom is 0.253 e. The number of amides is 2. The molecule has 1 aliphatic carbocycles. The second-order valence-electron chi connectivity index (χ2n) is 6.26. The summed E-state index contributed by atoms with van der Waals surface area (Å²) >= 11 is 1.57. The van der Waals surface area contributed by atoms with E-state index in [1.165, 1.54) is 6.20 Å². The monoisotopic (exact) mass is 354 g/mol. The molecule has 0 saturated heterocycles. The van der Waals surface area contributed by atoms with Gasteiger partial charge in [-0.2, -0.15) is 0 Å². The van der Waals surface area contributed by atoms with Gasteiger partial charge in [-0.05, 0) is 43.5 Å². The first-order valence-electron chi connectivity index (χ1n) is 8.21. The van der Waals surface area contributed by atoms with Crippen LogP contribution in [-0.2, 0) is 4.79 Å². The summed E-state index contributed by atoms with van der Waals surface area (Å²) in [6.45, 7) is 2.04. The zero-order valence-corrected chi connectivity index (χ0v) is 14.5. The maximum absolute atomic E-state index is 12.5. The van der Waals surface area contributed by atoms with E-state index in [2.05, 4.69) is 20.9 Å². The van der Waals surface area contributed by atoms with Gasteiger partial charge >= 0.3 is 0 Å². The maximum atomic E-state index is 12.5. The van der Waals surface area contributed by atoms with Crippen molar-refractivity contribution in [3.63, 3.8) is 0 Å². The van der Waals surface area contributed by atoms with Gasteiger partial charge in [0.1, 0.15) is 5.82 Å². The summed E-state index contributed by atoms with van der Waals surface area (Å²) in [7, 11) is 0. The molecule has 7 heteroatoms. The van der Waals surface area contributed by atoms with Crippen molar-refractivity contribution in [2.45, 2.75) is 30.2 Å². The van der Waals surface area contributed by atoms with Crippen LogP contribution < -0.4 is 16.0 Å². The number of nitrogens with zero attached hydrogens (tertiary/aromatic N) is 1. The zero-order chi connectivity index (χ0) is 17.4. The Kier molecular flexibility index (Phi) is 4.09. The van der Waals surface area contributed by atoms with E-state index in [0.717, 1.165) is 29.0 Å². The highest BCUT2D eigenvalue weighted by Gasteiger charge is 2.30. The molecule has 4 rings (SSSR count). The Morgan fingerprint density at radius 1 is 1.28 bits per heavy atom. The van der Waals surface area contributed by atoms with E-state index >= 15 is 0 Å². The molecule has 2 amide bonds. The molecule has 0 radical (unpaired) electrons. The second-order valence-corrected chi connectivity index (χ2v) is 7.40. The van der Waals surface area contributed by atoms with E-state index in [-0.39, 0.29) is 23.2 Å². The number of carbonyl (C=O) groups excluding carboxylic acids is 2. The molecule has 128 valence electrons. The summed E-state index contributed by atoms with van der Waals surface area (Å²) in [5, 5.41) is 9.04. The minimum Gasteiger partial charge on any atom is -0.355 e. The normalized spacial score (nSPS) is 18.2. The summed E-state index contributed by atoms with van der Waals surface area (Å²) in [6, 6.07) is 9.32. The largest absolute Gasteiger partial charge is 0.355 e. The van der Waals surface area contributed by atoms with Crippen molar-refractivity contribution in [3.05, 3.63) is 47.7 Å². The molecule has 1 aliphatic heterocycles. The summed E-state index contributed by atoms with van der Waals surface area (Å²) in [5.41, 5.74) is 2.46. The average molecular weight is 354 g/mol. The lowest BCUT2D eigenvalue weighted by Gasteiger charge is -2.13. The molecule has 2 aromatic rings. The SMILES string of the molecule is Cc1cccc2c1NC(NC(=O)c1ccnc(NC(=O)C3CC3)c1)S2. The first kappa shape index (κ1) is 16.0. The Hall–Kier alpha value is -2.54. The van der Waals surface area contributed by atoms with Crippen LogP contribution in [0.2, 0.25) is 0 Å². The third-order valence-electron chi connectivity index (χ3n) is 4.24. The van der Waals surface area contributed by atoms with Crippen molar-refractivity contribution in [1.29, 1.82) is 0 Å². The van der Waals surface area contributed by atoms with Gasteiger partial charge in [0, 0.05) is 22.6 Å². The van der Waals surface area contributed by atoms with Crippen LogP contribution in [0.15, 0.2) is 41.4 Å². The number of rotatable bonds is 4. The predicted octanol–water partition coefficient (Wildman–Crippen LogP) is 2.97. The van der Waals surface area contributed by atoms with E-state index in [4.69, 9.17) is 0 Å². The molecule has 2 aliphatic rings. The Morgan fingerprint density at radius 2 is 2.12 bits per heavy atom. The third kappa shape index (κ3) is 3.46. The Morgan fingerprint density at radius 3 is 2.88 bits per heavy atom. The number of nitrogens with one attached hydrogen (secondary N) is 3. The number of thioether (sulfide) groups is 1. The van der Waals surface area contributed by atoms with Gasteiger partial charge in [-0.25, -0.2) is 4.98 Å². The van der Waals surface area contributed by atoms with E-state index in [0.29, 0.717) is 11.4 Å². The van der Waals surface area contributed by atoms with E-state index in [9.17, 15) is 9.59 Å². The number of aromatic nitrogens is 1. The molecule has 25 heavy (non-hydrogen) atoms. The van der Waals surface area contributed by atoms with Crippen LogP contribution in [0.25, 0.3) is 0 Å². The lowest BCUT2D eigenvalue weighted by molar-refractivity contribution is -0.117. The van der Waals surface area contributed by atoms with Crippen LogP contribution >= 0.6 is 11.8 Å². The van der Waals surface area contributed by atoms with Crippen LogP contribution in [0.1, 0.15) is 28.8 Å². The van der Waals surface area contributed by atoms with Crippen LogP contribution in [0.5, 0.6) is 0 Å². The van der Waals surface area contributed by atoms with Crippen LogP contribution in [0.4, 0.5) is 11.5 Å². The summed E-state index contributed by atoms with van der Waals surface area (Å²) in [4.78, 5) is 29.6. The van der Waals surface area contributed by atoms with Gasteiger partial charge in [-0.15, -0.1) is 0 Å². The highest BCUT2D eigenvalue weighted by atomic mass is 32.2. The fraction of sp³-hybridized carbons (Fsp3) is 0.278. The first-order chi connectivity index (χ1) is 12.1. The molecule has 6 nitrogen and oxygen atoms in total. The molecular formula is C18H18N4O2S. The molecule has 0 spiro atoms. The standard InChI is InChI=1S/C18H18N4O2S/c1-10-3-2-4-13-15(10)21-18(25-13)22-17(24)12-7-8-19-14(9-12)20-16(23)11-5-6-11/h2-4,7-9,11,18,21H,5-6H2,1H3,(H,22,24)(H,19,20,23). The first-order valence-corrected chi connectivity index (χ1v) is 9.09. The van der Waals surface area contributed by atoms with Gasteiger partial charge in [-0.1, -0.05) is 23.9 Å². The fourth-order valence-corrected chi connectivity index (χ4v) is 3.79.